The molecular weight excluding hydrogens is 246 g/mol. The van der Waals surface area contributed by atoms with Gasteiger partial charge in [-0.15, -0.1) is 0 Å². The van der Waals surface area contributed by atoms with E-state index in [2.05, 4.69) is 11.3 Å². The maximum Gasteiger partial charge on any atom is 0.407 e. The molecule has 0 bridgehead atoms. The average molecular weight is 257 g/mol. The summed E-state index contributed by atoms with van der Waals surface area (Å²) in [6.07, 6.45) is 0. The van der Waals surface area contributed by atoms with Crippen LogP contribution < -0.4 is 18.4 Å². The first-order valence-corrected chi connectivity index (χ1v) is 6.05. The van der Waals surface area contributed by atoms with Crippen LogP contribution in [0.1, 0.15) is 5.56 Å². The summed E-state index contributed by atoms with van der Waals surface area (Å²) in [6.45, 7) is 3.62. The van der Waals surface area contributed by atoms with E-state index in [1.54, 1.807) is 6.07 Å². The largest absolute Gasteiger partial charge is 0.493 e. The van der Waals surface area contributed by atoms with Gasteiger partial charge in [-0.3, -0.25) is 4.72 Å². The van der Waals surface area contributed by atoms with Crippen molar-refractivity contribution in [3.63, 3.8) is 0 Å². The third-order valence-corrected chi connectivity index (χ3v) is 3.15. The van der Waals surface area contributed by atoms with Crippen molar-refractivity contribution >= 4 is 16.0 Å². The minimum absolute atomic E-state index is 0.159. The van der Waals surface area contributed by atoms with Crippen LogP contribution in [0.15, 0.2) is 18.7 Å². The molecule has 0 aliphatic carbocycles. The summed E-state index contributed by atoms with van der Waals surface area (Å²) in [5.41, 5.74) is 0.740. The van der Waals surface area contributed by atoms with Crippen LogP contribution in [0.3, 0.4) is 0 Å². The summed E-state index contributed by atoms with van der Waals surface area (Å²) in [6, 6.07) is 3.04. The van der Waals surface area contributed by atoms with Gasteiger partial charge in [0.05, 0.1) is 19.9 Å². The van der Waals surface area contributed by atoms with Gasteiger partial charge in [0, 0.05) is 11.6 Å². The SMILES string of the molecule is C=C1NS(=O)(=O)Oc2cc(OC)c(OC)cc21. The molecule has 1 aromatic rings. The van der Waals surface area contributed by atoms with Gasteiger partial charge in [0.25, 0.3) is 0 Å². The number of benzene rings is 1. The summed E-state index contributed by atoms with van der Waals surface area (Å²) < 4.78 is 39.7. The molecule has 6 nitrogen and oxygen atoms in total. The lowest BCUT2D eigenvalue weighted by molar-refractivity contribution is 0.352. The number of ether oxygens (including phenoxy) is 2. The molecule has 1 N–H and O–H groups in total. The van der Waals surface area contributed by atoms with Gasteiger partial charge < -0.3 is 13.7 Å². The molecule has 0 radical (unpaired) electrons. The molecule has 1 aliphatic rings. The molecular formula is C10H11NO5S. The average Bonchev–Trinajstić information content (AvgIpc) is 2.26. The maximum absolute atomic E-state index is 11.3. The van der Waals surface area contributed by atoms with Crippen LogP contribution in [0.2, 0.25) is 0 Å². The number of methoxy groups -OCH3 is 2. The van der Waals surface area contributed by atoms with Crippen molar-refractivity contribution in [3.8, 4) is 17.2 Å². The third-order valence-electron chi connectivity index (χ3n) is 2.26. The highest BCUT2D eigenvalue weighted by atomic mass is 32.2. The van der Waals surface area contributed by atoms with Crippen molar-refractivity contribution in [1.29, 1.82) is 0 Å². The number of rotatable bonds is 2. The van der Waals surface area contributed by atoms with Crippen LogP contribution >= 0.6 is 0 Å². The summed E-state index contributed by atoms with van der Waals surface area (Å²) in [4.78, 5) is 0. The number of nitrogens with one attached hydrogen (secondary N) is 1. The second-order valence-corrected chi connectivity index (χ2v) is 4.60. The van der Waals surface area contributed by atoms with Gasteiger partial charge in [-0.1, -0.05) is 6.58 Å². The van der Waals surface area contributed by atoms with Crippen LogP contribution in [0, 0.1) is 0 Å². The van der Waals surface area contributed by atoms with Crippen molar-refractivity contribution in [2.45, 2.75) is 0 Å². The molecule has 0 unspecified atom stereocenters. The van der Waals surface area contributed by atoms with Gasteiger partial charge in [0.2, 0.25) is 0 Å². The van der Waals surface area contributed by atoms with Gasteiger partial charge >= 0.3 is 10.3 Å². The Bertz CT molecular complexity index is 579. The highest BCUT2D eigenvalue weighted by Crippen LogP contribution is 2.39. The Morgan fingerprint density at radius 2 is 1.82 bits per heavy atom. The second kappa shape index (κ2) is 3.85. The molecule has 0 aromatic heterocycles. The predicted octanol–water partition coefficient (Wildman–Crippen LogP) is 0.901. The molecule has 92 valence electrons. The fourth-order valence-electron chi connectivity index (χ4n) is 1.51. The minimum atomic E-state index is -3.84. The molecule has 17 heavy (non-hydrogen) atoms. The van der Waals surface area contributed by atoms with Crippen molar-refractivity contribution < 1.29 is 22.1 Å². The lowest BCUT2D eigenvalue weighted by atomic mass is 10.1. The standard InChI is InChI=1S/C10H11NO5S/c1-6-7-4-9(14-2)10(15-3)5-8(7)16-17(12,13)11-6/h4-5,11H,1H2,2-3H3. The highest BCUT2D eigenvalue weighted by Gasteiger charge is 2.26. The molecule has 2 rings (SSSR count). The monoisotopic (exact) mass is 257 g/mol. The Morgan fingerprint density at radius 1 is 1.24 bits per heavy atom. The molecule has 7 heteroatoms. The highest BCUT2D eigenvalue weighted by molar-refractivity contribution is 7.85. The maximum atomic E-state index is 11.3. The fourth-order valence-corrected chi connectivity index (χ4v) is 2.34. The van der Waals surface area contributed by atoms with Gasteiger partial charge in [-0.05, 0) is 6.07 Å². The summed E-state index contributed by atoms with van der Waals surface area (Å²) in [5.74, 6) is 1.01. The van der Waals surface area contributed by atoms with Gasteiger partial charge in [-0.2, -0.15) is 8.42 Å². The van der Waals surface area contributed by atoms with E-state index in [1.165, 1.54) is 20.3 Å². The lowest BCUT2D eigenvalue weighted by Gasteiger charge is -2.21. The Hall–Kier alpha value is -1.89. The van der Waals surface area contributed by atoms with Crippen LogP contribution in [0.5, 0.6) is 17.2 Å². The zero-order valence-electron chi connectivity index (χ0n) is 9.31. The smallest absolute Gasteiger partial charge is 0.407 e. The summed E-state index contributed by atoms with van der Waals surface area (Å²) in [5, 5.41) is 0. The number of fused-ring (bicyclic) bond motifs is 1. The third kappa shape index (κ3) is 2.01. The summed E-state index contributed by atoms with van der Waals surface area (Å²) in [7, 11) is -0.896. The van der Waals surface area contributed by atoms with Crippen LogP contribution in [-0.4, -0.2) is 22.6 Å². The number of hydrogen-bond acceptors (Lipinski definition) is 5. The van der Waals surface area contributed by atoms with Crippen LogP contribution in [0.4, 0.5) is 0 Å². The van der Waals surface area contributed by atoms with Gasteiger partial charge in [0.15, 0.2) is 17.2 Å². The molecule has 1 aromatic carbocycles. The van der Waals surface area contributed by atoms with E-state index < -0.39 is 10.3 Å². The molecule has 0 amide bonds. The molecule has 1 aliphatic heterocycles. The quantitative estimate of drug-likeness (QED) is 0.852. The predicted molar refractivity (Wildman–Crippen MR) is 61.3 cm³/mol. The number of hydrogen-bond donors (Lipinski definition) is 1. The van der Waals surface area contributed by atoms with Crippen molar-refractivity contribution in [2.24, 2.45) is 0 Å². The lowest BCUT2D eigenvalue weighted by Crippen LogP contribution is -2.31. The van der Waals surface area contributed by atoms with E-state index in [0.29, 0.717) is 17.1 Å². The van der Waals surface area contributed by atoms with Crippen molar-refractivity contribution in [1.82, 2.24) is 4.72 Å². The van der Waals surface area contributed by atoms with E-state index >= 15 is 0 Å². The Labute approximate surface area is 99.1 Å². The first kappa shape index (κ1) is 11.6. The zero-order valence-corrected chi connectivity index (χ0v) is 10.1. The molecule has 0 saturated heterocycles. The topological polar surface area (TPSA) is 73.9 Å². The van der Waals surface area contributed by atoms with E-state index in [-0.39, 0.29) is 11.4 Å². The molecule has 0 spiro atoms. The van der Waals surface area contributed by atoms with Crippen LogP contribution in [0.25, 0.3) is 5.70 Å². The molecule has 1 heterocycles. The summed E-state index contributed by atoms with van der Waals surface area (Å²) >= 11 is 0. The van der Waals surface area contributed by atoms with E-state index in [0.717, 1.165) is 0 Å². The van der Waals surface area contributed by atoms with Crippen molar-refractivity contribution in [3.05, 3.63) is 24.3 Å². The van der Waals surface area contributed by atoms with Crippen molar-refractivity contribution in [2.75, 3.05) is 14.2 Å². The molecule has 0 fully saturated rings. The minimum Gasteiger partial charge on any atom is -0.493 e. The van der Waals surface area contributed by atoms with Gasteiger partial charge in [0.1, 0.15) is 0 Å². The normalized spacial score (nSPS) is 16.5. The second-order valence-electron chi connectivity index (χ2n) is 3.32. The first-order chi connectivity index (χ1) is 7.96. The first-order valence-electron chi connectivity index (χ1n) is 4.64. The van der Waals surface area contributed by atoms with E-state index in [9.17, 15) is 8.42 Å². The van der Waals surface area contributed by atoms with E-state index in [1.807, 2.05) is 0 Å². The van der Waals surface area contributed by atoms with Crippen LogP contribution in [-0.2, 0) is 10.3 Å². The fraction of sp³-hybridized carbons (Fsp3) is 0.200. The Morgan fingerprint density at radius 3 is 2.41 bits per heavy atom. The van der Waals surface area contributed by atoms with Gasteiger partial charge in [-0.25, -0.2) is 0 Å². The molecule has 0 saturated carbocycles. The van der Waals surface area contributed by atoms with E-state index in [4.69, 9.17) is 13.7 Å². The Balaban J connectivity index is 2.61. The zero-order chi connectivity index (χ0) is 12.6. The molecule has 0 atom stereocenters. The Kier molecular flexibility index (Phi) is 2.62.